The van der Waals surface area contributed by atoms with Crippen LogP contribution in [0.4, 0.5) is 0 Å². The van der Waals surface area contributed by atoms with Crippen LogP contribution in [0.25, 0.3) is 0 Å². The third-order valence-corrected chi connectivity index (χ3v) is 4.08. The zero-order chi connectivity index (χ0) is 14.4. The quantitative estimate of drug-likeness (QED) is 0.839. The largest absolute Gasteiger partial charge is 0.481 e. The van der Waals surface area contributed by atoms with E-state index in [1.54, 1.807) is 7.11 Å². The first-order chi connectivity index (χ1) is 9.70. The van der Waals surface area contributed by atoms with Gasteiger partial charge in [0.1, 0.15) is 0 Å². The highest BCUT2D eigenvalue weighted by Crippen LogP contribution is 2.24. The number of carbonyl (C=O) groups is 1. The molecule has 0 heterocycles. The number of ether oxygens (including phenoxy) is 1. The number of methoxy groups -OCH3 is 1. The molecule has 4 heteroatoms. The van der Waals surface area contributed by atoms with Crippen molar-refractivity contribution in [1.82, 2.24) is 5.32 Å². The number of nitrogens with one attached hydrogen (secondary N) is 1. The van der Waals surface area contributed by atoms with Crippen molar-refractivity contribution < 1.29 is 14.6 Å². The summed E-state index contributed by atoms with van der Waals surface area (Å²) in [7, 11) is 1.71. The summed E-state index contributed by atoms with van der Waals surface area (Å²) in [5.41, 5.74) is 2.47. The number of hydrogen-bond donors (Lipinski definition) is 2. The Bertz CT molecular complexity index is 439. The number of aliphatic carboxylic acids is 1. The third-order valence-electron chi connectivity index (χ3n) is 4.08. The van der Waals surface area contributed by atoms with Gasteiger partial charge in [-0.3, -0.25) is 4.79 Å². The fraction of sp³-hybridized carbons (Fsp3) is 0.562. The molecule has 0 saturated heterocycles. The van der Waals surface area contributed by atoms with E-state index >= 15 is 0 Å². The maximum absolute atomic E-state index is 10.9. The Morgan fingerprint density at radius 2 is 1.90 bits per heavy atom. The molecule has 0 unspecified atom stereocenters. The first kappa shape index (κ1) is 15.0. The van der Waals surface area contributed by atoms with Gasteiger partial charge in [0.2, 0.25) is 0 Å². The maximum Gasteiger partial charge on any atom is 0.306 e. The Hall–Kier alpha value is -1.39. The molecule has 1 aromatic rings. The van der Waals surface area contributed by atoms with Gasteiger partial charge in [-0.1, -0.05) is 24.3 Å². The number of hydrogen-bond acceptors (Lipinski definition) is 3. The van der Waals surface area contributed by atoms with Crippen LogP contribution in [0.5, 0.6) is 0 Å². The summed E-state index contributed by atoms with van der Waals surface area (Å²) < 4.78 is 5.21. The molecule has 1 aliphatic carbocycles. The SMILES string of the molecule is COCc1ccccc1CNC1CCC(C(=O)O)CC1. The lowest BCUT2D eigenvalue weighted by atomic mass is 9.86. The molecule has 2 N–H and O–H groups in total. The van der Waals surface area contributed by atoms with Crippen LogP contribution in [0, 0.1) is 5.92 Å². The lowest BCUT2D eigenvalue weighted by molar-refractivity contribution is -0.142. The highest BCUT2D eigenvalue weighted by Gasteiger charge is 2.25. The van der Waals surface area contributed by atoms with Gasteiger partial charge in [-0.05, 0) is 36.8 Å². The summed E-state index contributed by atoms with van der Waals surface area (Å²) in [6.07, 6.45) is 3.46. The maximum atomic E-state index is 10.9. The van der Waals surface area contributed by atoms with Crippen molar-refractivity contribution in [3.63, 3.8) is 0 Å². The van der Waals surface area contributed by atoms with Crippen molar-refractivity contribution in [2.75, 3.05) is 7.11 Å². The predicted octanol–water partition coefficient (Wildman–Crippen LogP) is 2.57. The van der Waals surface area contributed by atoms with Crippen LogP contribution < -0.4 is 5.32 Å². The van der Waals surface area contributed by atoms with Gasteiger partial charge in [-0.25, -0.2) is 0 Å². The molecule has 1 aliphatic rings. The number of rotatable bonds is 6. The van der Waals surface area contributed by atoms with Crippen LogP contribution in [0.1, 0.15) is 36.8 Å². The second kappa shape index (κ2) is 7.41. The first-order valence-corrected chi connectivity index (χ1v) is 7.22. The van der Waals surface area contributed by atoms with E-state index in [9.17, 15) is 4.79 Å². The standard InChI is InChI=1S/C16H23NO3/c1-20-11-14-5-3-2-4-13(14)10-17-15-8-6-12(7-9-15)16(18)19/h2-5,12,15,17H,6-11H2,1H3,(H,18,19). The van der Waals surface area contributed by atoms with Gasteiger partial charge < -0.3 is 15.2 Å². The summed E-state index contributed by atoms with van der Waals surface area (Å²) in [4.78, 5) is 10.9. The van der Waals surface area contributed by atoms with Gasteiger partial charge >= 0.3 is 5.97 Å². The fourth-order valence-electron chi connectivity index (χ4n) is 2.83. The van der Waals surface area contributed by atoms with Crippen LogP contribution in [-0.4, -0.2) is 24.2 Å². The molecular weight excluding hydrogens is 254 g/mol. The number of carboxylic acids is 1. The van der Waals surface area contributed by atoms with Gasteiger partial charge in [-0.2, -0.15) is 0 Å². The molecule has 1 fully saturated rings. The van der Waals surface area contributed by atoms with Crippen molar-refractivity contribution >= 4 is 5.97 Å². The molecule has 0 aromatic heterocycles. The van der Waals surface area contributed by atoms with Gasteiger partial charge in [0, 0.05) is 19.7 Å². The van der Waals surface area contributed by atoms with Crippen molar-refractivity contribution in [1.29, 1.82) is 0 Å². The fourth-order valence-corrected chi connectivity index (χ4v) is 2.83. The first-order valence-electron chi connectivity index (χ1n) is 7.22. The van der Waals surface area contributed by atoms with E-state index in [1.807, 2.05) is 12.1 Å². The molecule has 0 atom stereocenters. The third kappa shape index (κ3) is 4.05. The molecule has 2 rings (SSSR count). The molecule has 1 aromatic carbocycles. The highest BCUT2D eigenvalue weighted by atomic mass is 16.5. The van der Waals surface area contributed by atoms with E-state index in [0.717, 1.165) is 32.2 Å². The Morgan fingerprint density at radius 3 is 2.50 bits per heavy atom. The summed E-state index contributed by atoms with van der Waals surface area (Å²) in [6.45, 7) is 1.45. The van der Waals surface area contributed by atoms with Crippen LogP contribution in [0.15, 0.2) is 24.3 Å². The lowest BCUT2D eigenvalue weighted by Gasteiger charge is -2.27. The minimum Gasteiger partial charge on any atom is -0.481 e. The van der Waals surface area contributed by atoms with Gasteiger partial charge in [-0.15, -0.1) is 0 Å². The molecule has 0 aliphatic heterocycles. The van der Waals surface area contributed by atoms with Crippen LogP contribution in [0.3, 0.4) is 0 Å². The van der Waals surface area contributed by atoms with Crippen molar-refractivity contribution in [3.8, 4) is 0 Å². The van der Waals surface area contributed by atoms with E-state index in [-0.39, 0.29) is 5.92 Å². The Kier molecular flexibility index (Phi) is 5.56. The van der Waals surface area contributed by atoms with Crippen LogP contribution >= 0.6 is 0 Å². The van der Waals surface area contributed by atoms with E-state index in [2.05, 4.69) is 17.4 Å². The molecule has 0 amide bonds. The Labute approximate surface area is 120 Å². The van der Waals surface area contributed by atoms with Crippen molar-refractivity contribution in [2.45, 2.75) is 44.9 Å². The van der Waals surface area contributed by atoms with E-state index in [4.69, 9.17) is 9.84 Å². The second-order valence-electron chi connectivity index (χ2n) is 5.47. The summed E-state index contributed by atoms with van der Waals surface area (Å²) >= 11 is 0. The topological polar surface area (TPSA) is 58.6 Å². The Morgan fingerprint density at radius 1 is 1.25 bits per heavy atom. The van der Waals surface area contributed by atoms with E-state index in [0.29, 0.717) is 12.6 Å². The van der Waals surface area contributed by atoms with E-state index in [1.165, 1.54) is 11.1 Å². The smallest absolute Gasteiger partial charge is 0.306 e. The predicted molar refractivity (Wildman–Crippen MR) is 77.4 cm³/mol. The number of benzene rings is 1. The second-order valence-corrected chi connectivity index (χ2v) is 5.47. The molecule has 1 saturated carbocycles. The summed E-state index contributed by atoms with van der Waals surface area (Å²) in [5, 5.41) is 12.5. The molecule has 0 spiro atoms. The van der Waals surface area contributed by atoms with Gasteiger partial charge in [0.05, 0.1) is 12.5 Å². The molecular formula is C16H23NO3. The normalized spacial score (nSPS) is 22.6. The summed E-state index contributed by atoms with van der Waals surface area (Å²) in [6, 6.07) is 8.70. The average molecular weight is 277 g/mol. The monoisotopic (exact) mass is 277 g/mol. The number of carboxylic acid groups (broad SMARTS) is 1. The molecule has 110 valence electrons. The zero-order valence-corrected chi connectivity index (χ0v) is 12.0. The minimum absolute atomic E-state index is 0.145. The molecule has 0 bridgehead atoms. The van der Waals surface area contributed by atoms with E-state index < -0.39 is 5.97 Å². The van der Waals surface area contributed by atoms with Crippen molar-refractivity contribution in [3.05, 3.63) is 35.4 Å². The zero-order valence-electron chi connectivity index (χ0n) is 12.0. The molecule has 4 nitrogen and oxygen atoms in total. The Balaban J connectivity index is 1.83. The average Bonchev–Trinajstić information content (AvgIpc) is 2.47. The molecule has 0 radical (unpaired) electrons. The summed E-state index contributed by atoms with van der Waals surface area (Å²) in [5.74, 6) is -0.789. The highest BCUT2D eigenvalue weighted by molar-refractivity contribution is 5.70. The van der Waals surface area contributed by atoms with Crippen LogP contribution in [0.2, 0.25) is 0 Å². The van der Waals surface area contributed by atoms with Gasteiger partial charge in [0.25, 0.3) is 0 Å². The van der Waals surface area contributed by atoms with Crippen LogP contribution in [-0.2, 0) is 22.7 Å². The van der Waals surface area contributed by atoms with Gasteiger partial charge in [0.15, 0.2) is 0 Å². The minimum atomic E-state index is -0.645. The lowest BCUT2D eigenvalue weighted by Crippen LogP contribution is -2.34. The molecule has 20 heavy (non-hydrogen) atoms. The van der Waals surface area contributed by atoms with Crippen molar-refractivity contribution in [2.24, 2.45) is 5.92 Å².